The van der Waals surface area contributed by atoms with Crippen LogP contribution < -0.4 is 5.73 Å². The predicted molar refractivity (Wildman–Crippen MR) is 81.8 cm³/mol. The van der Waals surface area contributed by atoms with Crippen LogP contribution in [0.4, 0.5) is 5.95 Å². The lowest BCUT2D eigenvalue weighted by atomic mass is 9.95. The van der Waals surface area contributed by atoms with Gasteiger partial charge in [0.05, 0.1) is 5.02 Å². The number of pyridine rings is 1. The molecule has 19 heavy (non-hydrogen) atoms. The van der Waals surface area contributed by atoms with Gasteiger partial charge in [0, 0.05) is 17.5 Å². The van der Waals surface area contributed by atoms with E-state index in [0.29, 0.717) is 22.3 Å². The fourth-order valence-electron chi connectivity index (χ4n) is 2.90. The van der Waals surface area contributed by atoms with E-state index in [1.165, 1.54) is 12.8 Å². The molecule has 2 aromatic rings. The summed E-state index contributed by atoms with van der Waals surface area (Å²) in [5.74, 6) is 0.552. The van der Waals surface area contributed by atoms with Crippen molar-refractivity contribution in [2.45, 2.75) is 37.0 Å². The van der Waals surface area contributed by atoms with Crippen LogP contribution in [0.25, 0.3) is 11.2 Å². The molecule has 2 atom stereocenters. The van der Waals surface area contributed by atoms with Gasteiger partial charge in [-0.3, -0.25) is 4.57 Å². The number of imidazole rings is 1. The molecule has 0 bridgehead atoms. The molecule has 3 rings (SSSR count). The van der Waals surface area contributed by atoms with Crippen molar-refractivity contribution >= 4 is 40.5 Å². The van der Waals surface area contributed by atoms with E-state index in [9.17, 15) is 0 Å². The Labute approximate surface area is 121 Å². The maximum absolute atomic E-state index is 6.08. The minimum absolute atomic E-state index is 0.407. The van der Waals surface area contributed by atoms with Gasteiger partial charge in [-0.2, -0.15) is 11.8 Å². The lowest BCUT2D eigenvalue weighted by molar-refractivity contribution is 0.370. The zero-order valence-electron chi connectivity index (χ0n) is 10.8. The Bertz CT molecular complexity index is 598. The van der Waals surface area contributed by atoms with Gasteiger partial charge in [-0.05, 0) is 31.6 Å². The fraction of sp³-hybridized carbons (Fsp3) is 0.538. The van der Waals surface area contributed by atoms with Gasteiger partial charge in [0.1, 0.15) is 5.52 Å². The van der Waals surface area contributed by atoms with Crippen molar-refractivity contribution in [3.63, 3.8) is 0 Å². The van der Waals surface area contributed by atoms with Gasteiger partial charge in [-0.15, -0.1) is 0 Å². The van der Waals surface area contributed by atoms with Crippen molar-refractivity contribution in [2.24, 2.45) is 0 Å². The maximum Gasteiger partial charge on any atom is 0.202 e. The highest BCUT2D eigenvalue weighted by Crippen LogP contribution is 2.37. The number of anilines is 1. The van der Waals surface area contributed by atoms with Crippen molar-refractivity contribution in [1.82, 2.24) is 14.5 Å². The van der Waals surface area contributed by atoms with Gasteiger partial charge in [0.15, 0.2) is 5.65 Å². The normalized spacial score (nSPS) is 23.9. The molecule has 0 radical (unpaired) electrons. The van der Waals surface area contributed by atoms with Crippen molar-refractivity contribution in [1.29, 1.82) is 0 Å². The average Bonchev–Trinajstić information content (AvgIpc) is 2.73. The standard InChI is InChI=1S/C13H17ClN4S/c1-19-10-4-2-3-9(6-10)18-12-11(17-13(18)15)5-8(14)7-16-12/h5,7,9-10H,2-4,6H2,1H3,(H2,15,17). The number of aromatic nitrogens is 3. The van der Waals surface area contributed by atoms with E-state index < -0.39 is 0 Å². The highest BCUT2D eigenvalue weighted by molar-refractivity contribution is 7.99. The van der Waals surface area contributed by atoms with Crippen molar-refractivity contribution in [2.75, 3.05) is 12.0 Å². The number of nitrogen functional groups attached to an aromatic ring is 1. The third-order valence-electron chi connectivity index (χ3n) is 3.82. The summed E-state index contributed by atoms with van der Waals surface area (Å²) in [5.41, 5.74) is 7.73. The number of thioether (sulfide) groups is 1. The molecule has 1 saturated carbocycles. The summed E-state index contributed by atoms with van der Waals surface area (Å²) < 4.78 is 2.09. The number of hydrogen-bond donors (Lipinski definition) is 1. The highest BCUT2D eigenvalue weighted by Gasteiger charge is 2.26. The van der Waals surface area contributed by atoms with Crippen LogP contribution >= 0.6 is 23.4 Å². The minimum atomic E-state index is 0.407. The Morgan fingerprint density at radius 2 is 2.32 bits per heavy atom. The first kappa shape index (κ1) is 13.1. The monoisotopic (exact) mass is 296 g/mol. The van der Waals surface area contributed by atoms with E-state index in [1.54, 1.807) is 6.20 Å². The van der Waals surface area contributed by atoms with Gasteiger partial charge in [0.25, 0.3) is 0 Å². The zero-order valence-corrected chi connectivity index (χ0v) is 12.4. The van der Waals surface area contributed by atoms with E-state index in [-0.39, 0.29) is 0 Å². The summed E-state index contributed by atoms with van der Waals surface area (Å²) in [6.07, 6.45) is 8.67. The second-order valence-corrected chi connectivity index (χ2v) is 6.59. The number of rotatable bonds is 2. The van der Waals surface area contributed by atoms with Crippen molar-refractivity contribution in [3.8, 4) is 0 Å². The number of hydrogen-bond acceptors (Lipinski definition) is 4. The molecule has 1 aliphatic carbocycles. The van der Waals surface area contributed by atoms with Crippen LogP contribution in [0.2, 0.25) is 5.02 Å². The van der Waals surface area contributed by atoms with Crippen LogP contribution in [0.15, 0.2) is 12.3 Å². The molecule has 2 aromatic heterocycles. The second kappa shape index (κ2) is 5.21. The van der Waals surface area contributed by atoms with Crippen LogP contribution in [-0.2, 0) is 0 Å². The number of fused-ring (bicyclic) bond motifs is 1. The summed E-state index contributed by atoms with van der Waals surface area (Å²) in [7, 11) is 0. The minimum Gasteiger partial charge on any atom is -0.369 e. The molecule has 102 valence electrons. The number of nitrogens with two attached hydrogens (primary N) is 1. The molecular formula is C13H17ClN4S. The van der Waals surface area contributed by atoms with Gasteiger partial charge >= 0.3 is 0 Å². The van der Waals surface area contributed by atoms with E-state index in [4.69, 9.17) is 17.3 Å². The Hall–Kier alpha value is -0.940. The van der Waals surface area contributed by atoms with Gasteiger partial charge in [-0.1, -0.05) is 18.0 Å². The summed E-state index contributed by atoms with van der Waals surface area (Å²) in [5, 5.41) is 1.31. The molecule has 6 heteroatoms. The molecule has 0 saturated heterocycles. The lowest BCUT2D eigenvalue weighted by Gasteiger charge is -2.29. The topological polar surface area (TPSA) is 56.7 Å². The Kier molecular flexibility index (Phi) is 3.58. The van der Waals surface area contributed by atoms with Gasteiger partial charge in [-0.25, -0.2) is 9.97 Å². The molecular weight excluding hydrogens is 280 g/mol. The van der Waals surface area contributed by atoms with Crippen LogP contribution in [0, 0.1) is 0 Å². The van der Waals surface area contributed by atoms with Crippen molar-refractivity contribution < 1.29 is 0 Å². The Balaban J connectivity index is 2.02. The maximum atomic E-state index is 6.08. The Morgan fingerprint density at radius 1 is 1.47 bits per heavy atom. The van der Waals surface area contributed by atoms with Crippen LogP contribution in [0.5, 0.6) is 0 Å². The fourth-order valence-corrected chi connectivity index (χ4v) is 3.87. The number of halogens is 1. The second-order valence-electron chi connectivity index (χ2n) is 5.01. The molecule has 0 spiro atoms. The molecule has 1 aliphatic rings. The van der Waals surface area contributed by atoms with Gasteiger partial charge < -0.3 is 5.73 Å². The van der Waals surface area contributed by atoms with E-state index in [2.05, 4.69) is 20.8 Å². The summed E-state index contributed by atoms with van der Waals surface area (Å²) in [4.78, 5) is 8.80. The van der Waals surface area contributed by atoms with E-state index in [0.717, 1.165) is 24.0 Å². The Morgan fingerprint density at radius 3 is 3.11 bits per heavy atom. The van der Waals surface area contributed by atoms with Crippen LogP contribution in [-0.4, -0.2) is 26.0 Å². The predicted octanol–water partition coefficient (Wildman–Crippen LogP) is 3.51. The molecule has 2 unspecified atom stereocenters. The summed E-state index contributed by atoms with van der Waals surface area (Å²) >= 11 is 7.90. The summed E-state index contributed by atoms with van der Waals surface area (Å²) in [6, 6.07) is 2.23. The molecule has 1 fully saturated rings. The SMILES string of the molecule is CSC1CCCC(n2c(N)nc3cc(Cl)cnc32)C1. The number of nitrogens with zero attached hydrogens (tertiary/aromatic N) is 3. The molecule has 0 aliphatic heterocycles. The highest BCUT2D eigenvalue weighted by atomic mass is 35.5. The molecule has 0 aromatic carbocycles. The average molecular weight is 297 g/mol. The third-order valence-corrected chi connectivity index (χ3v) is 5.12. The first-order valence-corrected chi connectivity index (χ1v) is 8.17. The van der Waals surface area contributed by atoms with Crippen molar-refractivity contribution in [3.05, 3.63) is 17.3 Å². The largest absolute Gasteiger partial charge is 0.369 e. The van der Waals surface area contributed by atoms with Gasteiger partial charge in [0.2, 0.25) is 5.95 Å². The first-order chi connectivity index (χ1) is 9.19. The molecule has 4 nitrogen and oxygen atoms in total. The molecule has 2 N–H and O–H groups in total. The molecule has 2 heterocycles. The van der Waals surface area contributed by atoms with E-state index >= 15 is 0 Å². The first-order valence-electron chi connectivity index (χ1n) is 6.51. The lowest BCUT2D eigenvalue weighted by Crippen LogP contribution is -2.22. The zero-order chi connectivity index (χ0) is 13.4. The smallest absolute Gasteiger partial charge is 0.202 e. The quantitative estimate of drug-likeness (QED) is 0.921. The van der Waals surface area contributed by atoms with E-state index in [1.807, 2.05) is 17.8 Å². The van der Waals surface area contributed by atoms with Crippen LogP contribution in [0.1, 0.15) is 31.7 Å². The third kappa shape index (κ3) is 2.41. The molecule has 0 amide bonds. The summed E-state index contributed by atoms with van der Waals surface area (Å²) in [6.45, 7) is 0. The van der Waals surface area contributed by atoms with Crippen LogP contribution in [0.3, 0.4) is 0 Å².